The third-order valence-corrected chi connectivity index (χ3v) is 5.37. The third-order valence-electron chi connectivity index (χ3n) is 3.19. The summed E-state index contributed by atoms with van der Waals surface area (Å²) < 4.78 is 31.2. The van der Waals surface area contributed by atoms with Crippen LogP contribution >= 0.6 is 11.5 Å². The molecule has 2 N–H and O–H groups in total. The summed E-state index contributed by atoms with van der Waals surface area (Å²) in [5, 5.41) is 19.4. The molecule has 0 bridgehead atoms. The second-order valence-electron chi connectivity index (χ2n) is 5.15. The van der Waals surface area contributed by atoms with Crippen LogP contribution in [0.1, 0.15) is 0 Å². The maximum Gasteiger partial charge on any atom is 0.301 e. The zero-order chi connectivity index (χ0) is 18.0. The topological polar surface area (TPSA) is 120 Å². The zero-order valence-corrected chi connectivity index (χ0v) is 14.9. The molecule has 0 fully saturated rings. The fourth-order valence-corrected chi connectivity index (χ4v) is 3.12. The molecule has 0 atom stereocenters. The number of phenolic OH excluding ortho intramolecular Hbond substituents is 1. The van der Waals surface area contributed by atoms with Gasteiger partial charge in [-0.1, -0.05) is 0 Å². The van der Waals surface area contributed by atoms with Gasteiger partial charge in [-0.05, 0) is 41.9 Å². The molecule has 3 rings (SSSR count). The van der Waals surface area contributed by atoms with Crippen LogP contribution < -0.4 is 4.72 Å². The molecule has 2 aromatic heterocycles. The van der Waals surface area contributed by atoms with Crippen LogP contribution in [0.3, 0.4) is 0 Å². The molecule has 1 aromatic carbocycles. The minimum atomic E-state index is -3.74. The van der Waals surface area contributed by atoms with Crippen molar-refractivity contribution in [2.24, 2.45) is 10.2 Å². The van der Waals surface area contributed by atoms with E-state index in [1.807, 2.05) is 6.07 Å². The van der Waals surface area contributed by atoms with Crippen molar-refractivity contribution in [3.05, 3.63) is 36.5 Å². The van der Waals surface area contributed by atoms with Crippen LogP contribution in [0.15, 0.2) is 46.8 Å². The number of azo groups is 1. The maximum atomic E-state index is 11.9. The summed E-state index contributed by atoms with van der Waals surface area (Å²) in [6.07, 6.45) is 1.64. The molecule has 0 spiro atoms. The van der Waals surface area contributed by atoms with Crippen LogP contribution in [-0.4, -0.2) is 41.3 Å². The fraction of sp³-hybridized carbons (Fsp3) is 0.143. The second kappa shape index (κ2) is 6.70. The van der Waals surface area contributed by atoms with Crippen molar-refractivity contribution in [3.8, 4) is 5.75 Å². The second-order valence-corrected chi connectivity index (χ2v) is 7.79. The first-order valence-corrected chi connectivity index (χ1v) is 9.23. The van der Waals surface area contributed by atoms with E-state index in [-0.39, 0.29) is 11.4 Å². The van der Waals surface area contributed by atoms with Gasteiger partial charge < -0.3 is 5.11 Å². The van der Waals surface area contributed by atoms with Crippen molar-refractivity contribution in [2.45, 2.75) is 0 Å². The van der Waals surface area contributed by atoms with Gasteiger partial charge in [0.1, 0.15) is 5.75 Å². The highest BCUT2D eigenvalue weighted by Crippen LogP contribution is 2.33. The van der Waals surface area contributed by atoms with Gasteiger partial charge in [0, 0.05) is 20.3 Å². The van der Waals surface area contributed by atoms with Gasteiger partial charge in [-0.3, -0.25) is 4.72 Å². The van der Waals surface area contributed by atoms with Crippen LogP contribution in [0.2, 0.25) is 0 Å². The predicted octanol–water partition coefficient (Wildman–Crippen LogP) is 3.03. The molecule has 0 saturated carbocycles. The smallest absolute Gasteiger partial charge is 0.301 e. The first-order chi connectivity index (χ1) is 11.9. The molecular weight excluding hydrogens is 364 g/mol. The van der Waals surface area contributed by atoms with Crippen LogP contribution in [-0.2, 0) is 10.2 Å². The summed E-state index contributed by atoms with van der Waals surface area (Å²) in [5.74, 6) is -0.211. The first kappa shape index (κ1) is 17.2. The Morgan fingerprint density at radius 2 is 2.04 bits per heavy atom. The number of rotatable bonds is 5. The highest BCUT2D eigenvalue weighted by Gasteiger charge is 2.15. The van der Waals surface area contributed by atoms with E-state index in [4.69, 9.17) is 0 Å². The molecule has 2 heterocycles. The lowest BCUT2D eigenvalue weighted by atomic mass is 10.3. The minimum Gasteiger partial charge on any atom is -0.506 e. The predicted molar refractivity (Wildman–Crippen MR) is 95.9 cm³/mol. The average molecular weight is 378 g/mol. The minimum absolute atomic E-state index is 0.0148. The van der Waals surface area contributed by atoms with Gasteiger partial charge in [-0.15, -0.1) is 10.2 Å². The summed E-state index contributed by atoms with van der Waals surface area (Å²) in [7, 11) is -0.981. The van der Waals surface area contributed by atoms with Gasteiger partial charge in [0.05, 0.1) is 16.8 Å². The van der Waals surface area contributed by atoms with Gasteiger partial charge in [0.2, 0.25) is 0 Å². The third kappa shape index (κ3) is 3.73. The highest BCUT2D eigenvalue weighted by atomic mass is 32.2. The number of pyridine rings is 1. The lowest BCUT2D eigenvalue weighted by molar-refractivity contribution is 0.477. The van der Waals surface area contributed by atoms with Gasteiger partial charge in [-0.25, -0.2) is 4.98 Å². The first-order valence-electron chi connectivity index (χ1n) is 7.02. The number of phenols is 1. The van der Waals surface area contributed by atoms with Gasteiger partial charge in [0.25, 0.3) is 0 Å². The van der Waals surface area contributed by atoms with E-state index in [1.165, 1.54) is 32.3 Å². The molecule has 0 aliphatic heterocycles. The Balaban J connectivity index is 1.90. The summed E-state index contributed by atoms with van der Waals surface area (Å²) in [6.45, 7) is 0. The maximum absolute atomic E-state index is 11.9. The molecule has 0 radical (unpaired) electrons. The Hall–Kier alpha value is -2.63. The molecule has 25 heavy (non-hydrogen) atoms. The summed E-state index contributed by atoms with van der Waals surface area (Å²) in [6, 6.07) is 7.88. The molecule has 0 aliphatic carbocycles. The van der Waals surface area contributed by atoms with Gasteiger partial charge in [-0.2, -0.15) is 17.1 Å². The van der Waals surface area contributed by atoms with Crippen LogP contribution in [0, 0.1) is 0 Å². The number of aromatic hydroxyl groups is 1. The van der Waals surface area contributed by atoms with Crippen LogP contribution in [0.5, 0.6) is 5.75 Å². The summed E-state index contributed by atoms with van der Waals surface area (Å²) in [5.41, 5.74) is 0.979. The molecule has 0 unspecified atom stereocenters. The van der Waals surface area contributed by atoms with Crippen molar-refractivity contribution in [3.63, 3.8) is 0 Å². The summed E-state index contributed by atoms with van der Waals surface area (Å²) in [4.78, 5) is 4.12. The molecule has 3 aromatic rings. The van der Waals surface area contributed by atoms with E-state index in [0.717, 1.165) is 21.2 Å². The standard InChI is InChI=1S/C14H14N6O3S2/c1-20(2)25(22,23)19-11-8-9(5-6-12(11)21)16-17-14-10-4-3-7-15-13(10)18-24-14/h3-8,19,21H,1-2H3/b17-16+. The summed E-state index contributed by atoms with van der Waals surface area (Å²) >= 11 is 1.16. The van der Waals surface area contributed by atoms with Crippen molar-refractivity contribution >= 4 is 49.2 Å². The number of fused-ring (bicyclic) bond motifs is 1. The molecule has 0 amide bonds. The Morgan fingerprint density at radius 3 is 2.80 bits per heavy atom. The van der Waals surface area contributed by atoms with E-state index in [9.17, 15) is 13.5 Å². The van der Waals surface area contributed by atoms with Crippen molar-refractivity contribution in [1.82, 2.24) is 13.7 Å². The van der Waals surface area contributed by atoms with Crippen LogP contribution in [0.25, 0.3) is 11.0 Å². The Morgan fingerprint density at radius 1 is 1.24 bits per heavy atom. The van der Waals surface area contributed by atoms with E-state index in [1.54, 1.807) is 12.3 Å². The van der Waals surface area contributed by atoms with Crippen LogP contribution in [0.4, 0.5) is 16.4 Å². The highest BCUT2D eigenvalue weighted by molar-refractivity contribution is 7.90. The molecule has 0 saturated heterocycles. The number of aromatic nitrogens is 2. The molecule has 0 aliphatic rings. The van der Waals surface area contributed by atoms with E-state index >= 15 is 0 Å². The average Bonchev–Trinajstić information content (AvgIpc) is 2.98. The quantitative estimate of drug-likeness (QED) is 0.522. The van der Waals surface area contributed by atoms with E-state index < -0.39 is 10.2 Å². The van der Waals surface area contributed by atoms with Crippen molar-refractivity contribution < 1.29 is 13.5 Å². The van der Waals surface area contributed by atoms with Crippen molar-refractivity contribution in [1.29, 1.82) is 0 Å². The fourth-order valence-electron chi connectivity index (χ4n) is 1.85. The number of nitrogens with one attached hydrogen (secondary N) is 1. The van der Waals surface area contributed by atoms with Gasteiger partial charge in [0.15, 0.2) is 10.6 Å². The molecule has 9 nitrogen and oxygen atoms in total. The Kier molecular flexibility index (Phi) is 4.61. The number of anilines is 1. The SMILES string of the molecule is CN(C)S(=O)(=O)Nc1cc(/N=N/c2snc3ncccc23)ccc1O. The molecule has 130 valence electrons. The molecular formula is C14H14N6O3S2. The largest absolute Gasteiger partial charge is 0.506 e. The van der Waals surface area contributed by atoms with Crippen molar-refractivity contribution in [2.75, 3.05) is 18.8 Å². The number of benzene rings is 1. The number of nitrogens with zero attached hydrogens (tertiary/aromatic N) is 5. The van der Waals surface area contributed by atoms with E-state index in [2.05, 4.69) is 24.3 Å². The number of hydrogen-bond donors (Lipinski definition) is 2. The Bertz CT molecular complexity index is 1050. The monoisotopic (exact) mass is 378 g/mol. The van der Waals surface area contributed by atoms with E-state index in [0.29, 0.717) is 16.3 Å². The normalized spacial score (nSPS) is 12.3. The zero-order valence-electron chi connectivity index (χ0n) is 13.3. The lowest BCUT2D eigenvalue weighted by Crippen LogP contribution is -2.28. The molecule has 11 heteroatoms. The Labute approximate surface area is 148 Å². The number of hydrogen-bond acceptors (Lipinski definition) is 8. The lowest BCUT2D eigenvalue weighted by Gasteiger charge is -2.14. The van der Waals surface area contributed by atoms with Gasteiger partial charge >= 0.3 is 10.2 Å².